The van der Waals surface area contributed by atoms with E-state index in [0.717, 1.165) is 54.3 Å². The second-order valence-corrected chi connectivity index (χ2v) is 7.51. The molecule has 1 atom stereocenters. The first-order chi connectivity index (χ1) is 11.9. The summed E-state index contributed by atoms with van der Waals surface area (Å²) >= 11 is 0. The molecule has 1 saturated heterocycles. The van der Waals surface area contributed by atoms with Crippen molar-refractivity contribution in [3.8, 4) is 0 Å². The van der Waals surface area contributed by atoms with E-state index in [0.29, 0.717) is 12.3 Å². The van der Waals surface area contributed by atoms with Crippen LogP contribution in [0.1, 0.15) is 61.1 Å². The predicted molar refractivity (Wildman–Crippen MR) is 95.2 cm³/mol. The lowest BCUT2D eigenvalue weighted by Crippen LogP contribution is -2.32. The number of carbonyl (C=O) groups excluding carboxylic acids is 1. The largest absolute Gasteiger partial charge is 0.361 e. The van der Waals surface area contributed by atoms with Crippen LogP contribution in [-0.4, -0.2) is 32.3 Å². The average molecular weight is 344 g/mol. The van der Waals surface area contributed by atoms with Gasteiger partial charge in [0.15, 0.2) is 0 Å². The molecule has 136 valence electrons. The van der Waals surface area contributed by atoms with Crippen LogP contribution in [0.2, 0.25) is 0 Å². The number of aromatic nitrogens is 3. The third-order valence-electron chi connectivity index (χ3n) is 4.96. The van der Waals surface area contributed by atoms with Gasteiger partial charge >= 0.3 is 0 Å². The molecule has 1 fully saturated rings. The third kappa shape index (κ3) is 3.62. The number of hydrogen-bond donors (Lipinski definition) is 0. The molecule has 2 aromatic rings. The van der Waals surface area contributed by atoms with Crippen LogP contribution in [0.25, 0.3) is 0 Å². The number of aryl methyl sites for hydroxylation is 2. The highest BCUT2D eigenvalue weighted by Crippen LogP contribution is 2.32. The van der Waals surface area contributed by atoms with Gasteiger partial charge in [-0.15, -0.1) is 0 Å². The number of carbonyl (C=O) groups is 1. The van der Waals surface area contributed by atoms with Crippen molar-refractivity contribution in [2.24, 2.45) is 5.92 Å². The lowest BCUT2D eigenvalue weighted by Gasteiger charge is -2.23. The Morgan fingerprint density at radius 3 is 2.76 bits per heavy atom. The third-order valence-corrected chi connectivity index (χ3v) is 4.96. The second kappa shape index (κ2) is 7.02. The highest BCUT2D eigenvalue weighted by atomic mass is 16.5. The molecule has 0 unspecified atom stereocenters. The minimum Gasteiger partial charge on any atom is -0.361 e. The number of hydrogen-bond acceptors (Lipinski definition) is 4. The Labute approximate surface area is 149 Å². The van der Waals surface area contributed by atoms with Crippen LogP contribution in [0.5, 0.6) is 0 Å². The Balaban J connectivity index is 1.77. The molecule has 0 aliphatic carbocycles. The van der Waals surface area contributed by atoms with Gasteiger partial charge in [-0.05, 0) is 39.5 Å². The summed E-state index contributed by atoms with van der Waals surface area (Å²) in [4.78, 5) is 14.9. The fourth-order valence-corrected chi connectivity index (χ4v) is 3.68. The van der Waals surface area contributed by atoms with E-state index in [1.165, 1.54) is 0 Å². The van der Waals surface area contributed by atoms with Crippen molar-refractivity contribution in [2.45, 2.75) is 66.5 Å². The molecule has 1 aliphatic heterocycles. The number of rotatable bonds is 5. The van der Waals surface area contributed by atoms with Crippen LogP contribution >= 0.6 is 0 Å². The van der Waals surface area contributed by atoms with E-state index in [-0.39, 0.29) is 11.9 Å². The van der Waals surface area contributed by atoms with Crippen molar-refractivity contribution < 1.29 is 9.32 Å². The number of likely N-dealkylation sites (tertiary alicyclic amines) is 1. The van der Waals surface area contributed by atoms with Gasteiger partial charge in [-0.1, -0.05) is 19.0 Å². The molecule has 0 N–H and O–H groups in total. The molecule has 0 aromatic carbocycles. The normalized spacial score (nSPS) is 17.7. The lowest BCUT2D eigenvalue weighted by molar-refractivity contribution is -0.131. The van der Waals surface area contributed by atoms with Crippen molar-refractivity contribution in [1.82, 2.24) is 19.8 Å². The molecule has 0 radical (unpaired) electrons. The highest BCUT2D eigenvalue weighted by Gasteiger charge is 2.32. The Morgan fingerprint density at radius 1 is 1.36 bits per heavy atom. The fourth-order valence-electron chi connectivity index (χ4n) is 3.68. The predicted octanol–water partition coefficient (Wildman–Crippen LogP) is 3.36. The summed E-state index contributed by atoms with van der Waals surface area (Å²) in [7, 11) is 0. The first kappa shape index (κ1) is 17.7. The molecular weight excluding hydrogens is 316 g/mol. The molecule has 1 amide bonds. The van der Waals surface area contributed by atoms with Crippen molar-refractivity contribution in [1.29, 1.82) is 0 Å². The highest BCUT2D eigenvalue weighted by molar-refractivity contribution is 5.80. The van der Waals surface area contributed by atoms with Gasteiger partial charge in [0, 0.05) is 30.4 Å². The maximum absolute atomic E-state index is 13.0. The van der Waals surface area contributed by atoms with Crippen molar-refractivity contribution in [3.05, 3.63) is 34.5 Å². The van der Waals surface area contributed by atoms with Gasteiger partial charge in [0.2, 0.25) is 5.91 Å². The summed E-state index contributed by atoms with van der Waals surface area (Å²) in [5, 5.41) is 8.75. The van der Waals surface area contributed by atoms with Gasteiger partial charge in [0.1, 0.15) is 11.5 Å². The van der Waals surface area contributed by atoms with Crippen LogP contribution < -0.4 is 0 Å². The van der Waals surface area contributed by atoms with Gasteiger partial charge in [0.05, 0.1) is 18.2 Å². The molecule has 3 rings (SSSR count). The van der Waals surface area contributed by atoms with Crippen molar-refractivity contribution >= 4 is 5.91 Å². The SMILES string of the molecule is Cc1cc([C@@H]2CCCN2C(=O)Cc2c(C)nn(CC(C)C)c2C)no1. The second-order valence-electron chi connectivity index (χ2n) is 7.51. The Bertz CT molecular complexity index is 760. The smallest absolute Gasteiger partial charge is 0.227 e. The number of nitrogens with zero attached hydrogens (tertiary/aromatic N) is 4. The van der Waals surface area contributed by atoms with Crippen LogP contribution in [0.4, 0.5) is 0 Å². The van der Waals surface area contributed by atoms with Crippen LogP contribution in [-0.2, 0) is 17.8 Å². The molecule has 1 aliphatic rings. The van der Waals surface area contributed by atoms with Crippen LogP contribution in [0.3, 0.4) is 0 Å². The molecule has 0 bridgehead atoms. The molecule has 6 nitrogen and oxygen atoms in total. The standard InChI is InChI=1S/C19H28N4O2/c1-12(2)11-23-15(5)16(14(4)20-23)10-19(24)22-8-6-7-18(22)17-9-13(3)25-21-17/h9,12,18H,6-8,10-11H2,1-5H3/t18-/m0/s1. The maximum Gasteiger partial charge on any atom is 0.227 e. The van der Waals surface area contributed by atoms with E-state index in [1.807, 2.05) is 29.5 Å². The zero-order chi connectivity index (χ0) is 18.1. The average Bonchev–Trinajstić information content (AvgIpc) is 3.23. The van der Waals surface area contributed by atoms with E-state index in [9.17, 15) is 4.79 Å². The molecular formula is C19H28N4O2. The first-order valence-electron chi connectivity index (χ1n) is 9.12. The monoisotopic (exact) mass is 344 g/mol. The molecule has 0 saturated carbocycles. The van der Waals surface area contributed by atoms with Gasteiger partial charge in [-0.3, -0.25) is 9.48 Å². The molecule has 25 heavy (non-hydrogen) atoms. The van der Waals surface area contributed by atoms with E-state index < -0.39 is 0 Å². The van der Waals surface area contributed by atoms with Gasteiger partial charge < -0.3 is 9.42 Å². The van der Waals surface area contributed by atoms with E-state index in [4.69, 9.17) is 4.52 Å². The first-order valence-corrected chi connectivity index (χ1v) is 9.12. The zero-order valence-electron chi connectivity index (χ0n) is 15.9. The summed E-state index contributed by atoms with van der Waals surface area (Å²) in [6.07, 6.45) is 2.36. The molecule has 3 heterocycles. The van der Waals surface area contributed by atoms with E-state index in [2.05, 4.69) is 31.0 Å². The van der Waals surface area contributed by atoms with Gasteiger partial charge in [-0.25, -0.2) is 0 Å². The molecule has 0 spiro atoms. The van der Waals surface area contributed by atoms with Crippen LogP contribution in [0.15, 0.2) is 10.6 Å². The summed E-state index contributed by atoms with van der Waals surface area (Å²) in [5.41, 5.74) is 3.99. The van der Waals surface area contributed by atoms with Gasteiger partial charge in [0.25, 0.3) is 0 Å². The van der Waals surface area contributed by atoms with Crippen LogP contribution in [0, 0.1) is 26.7 Å². The molecule has 2 aromatic heterocycles. The van der Waals surface area contributed by atoms with Crippen molar-refractivity contribution in [3.63, 3.8) is 0 Å². The quantitative estimate of drug-likeness (QED) is 0.834. The Hall–Kier alpha value is -2.11. The topological polar surface area (TPSA) is 64.2 Å². The minimum atomic E-state index is 0.0382. The summed E-state index contributed by atoms with van der Waals surface area (Å²) in [5.74, 6) is 1.47. The minimum absolute atomic E-state index is 0.0382. The zero-order valence-corrected chi connectivity index (χ0v) is 15.9. The summed E-state index contributed by atoms with van der Waals surface area (Å²) in [6.45, 7) is 12.0. The fraction of sp³-hybridized carbons (Fsp3) is 0.632. The van der Waals surface area contributed by atoms with Gasteiger partial charge in [-0.2, -0.15) is 5.10 Å². The summed E-state index contributed by atoms with van der Waals surface area (Å²) < 4.78 is 7.23. The number of amides is 1. The maximum atomic E-state index is 13.0. The van der Waals surface area contributed by atoms with E-state index >= 15 is 0 Å². The lowest BCUT2D eigenvalue weighted by atomic mass is 10.1. The summed E-state index contributed by atoms with van der Waals surface area (Å²) in [6, 6.07) is 1.98. The Morgan fingerprint density at radius 2 is 2.12 bits per heavy atom. The van der Waals surface area contributed by atoms with Crippen molar-refractivity contribution in [2.75, 3.05) is 6.54 Å². The molecule has 6 heteroatoms. The Kier molecular flexibility index (Phi) is 4.97. The van der Waals surface area contributed by atoms with E-state index in [1.54, 1.807) is 0 Å².